The normalized spacial score (nSPS) is 11.7. The summed E-state index contributed by atoms with van der Waals surface area (Å²) in [4.78, 5) is 25.1. The molecule has 0 saturated heterocycles. The smallest absolute Gasteiger partial charge is 0.0705 e. The van der Waals surface area contributed by atoms with E-state index in [1.807, 2.05) is 0 Å². The summed E-state index contributed by atoms with van der Waals surface area (Å²) in [5.41, 5.74) is 10.7. The SMILES string of the molecule is c1cc(CN(Cc2ccc3ccccc3n2)Cc2ccc3ccccc3n2)cc(CN(Cc2ccc3ccccc3n2)Cc2ccc3ccccc3n2)c1. The molecule has 6 heteroatoms. The highest BCUT2D eigenvalue weighted by Crippen LogP contribution is 2.22. The number of hydrogen-bond donors (Lipinski definition) is 0. The average Bonchev–Trinajstić information content (AvgIpc) is 3.21. The van der Waals surface area contributed by atoms with Crippen LogP contribution in [0.1, 0.15) is 33.9 Å². The maximum Gasteiger partial charge on any atom is 0.0705 e. The van der Waals surface area contributed by atoms with Crippen LogP contribution in [-0.4, -0.2) is 29.7 Å². The lowest BCUT2D eigenvalue weighted by atomic mass is 10.1. The topological polar surface area (TPSA) is 58.0 Å². The van der Waals surface area contributed by atoms with E-state index in [4.69, 9.17) is 19.9 Å². The molecule has 5 aromatic carbocycles. The Hall–Kier alpha value is -6.34. The summed E-state index contributed by atoms with van der Waals surface area (Å²) in [5.74, 6) is 0. The van der Waals surface area contributed by atoms with E-state index in [0.29, 0.717) is 26.2 Å². The lowest BCUT2D eigenvalue weighted by Crippen LogP contribution is -2.25. The summed E-state index contributed by atoms with van der Waals surface area (Å²) in [6.45, 7) is 4.34. The van der Waals surface area contributed by atoms with Gasteiger partial charge < -0.3 is 0 Å². The maximum atomic E-state index is 5.04. The van der Waals surface area contributed by atoms with Gasteiger partial charge in [-0.1, -0.05) is 121 Å². The number of rotatable bonds is 12. The van der Waals surface area contributed by atoms with Crippen molar-refractivity contribution in [2.75, 3.05) is 0 Å². The van der Waals surface area contributed by atoms with E-state index < -0.39 is 0 Å². The number of pyridine rings is 4. The average molecular weight is 701 g/mol. The maximum absolute atomic E-state index is 5.04. The fourth-order valence-corrected chi connectivity index (χ4v) is 7.38. The molecule has 0 saturated carbocycles. The second-order valence-electron chi connectivity index (χ2n) is 14.1. The van der Waals surface area contributed by atoms with Gasteiger partial charge in [0.25, 0.3) is 0 Å². The second-order valence-corrected chi connectivity index (χ2v) is 14.1. The van der Waals surface area contributed by atoms with Crippen molar-refractivity contribution in [2.24, 2.45) is 0 Å². The number of nitrogens with zero attached hydrogens (tertiary/aromatic N) is 6. The third-order valence-corrected chi connectivity index (χ3v) is 9.97. The zero-order chi connectivity index (χ0) is 36.1. The molecular weight excluding hydrogens is 661 g/mol. The predicted octanol–water partition coefficient (Wildman–Crippen LogP) is 10.3. The van der Waals surface area contributed by atoms with Crippen LogP contribution in [0.4, 0.5) is 0 Å². The zero-order valence-corrected chi connectivity index (χ0v) is 30.1. The first-order chi connectivity index (χ1) is 26.7. The molecule has 0 N–H and O–H groups in total. The van der Waals surface area contributed by atoms with E-state index in [1.165, 1.54) is 11.1 Å². The third-order valence-electron chi connectivity index (χ3n) is 9.97. The van der Waals surface area contributed by atoms with Crippen molar-refractivity contribution in [2.45, 2.75) is 39.3 Å². The summed E-state index contributed by atoms with van der Waals surface area (Å²) in [6, 6.07) is 59.6. The van der Waals surface area contributed by atoms with Crippen LogP contribution >= 0.6 is 0 Å². The van der Waals surface area contributed by atoms with Crippen molar-refractivity contribution in [3.63, 3.8) is 0 Å². The summed E-state index contributed by atoms with van der Waals surface area (Å²) in [5, 5.41) is 4.61. The molecule has 9 rings (SSSR count). The predicted molar refractivity (Wildman–Crippen MR) is 219 cm³/mol. The van der Waals surface area contributed by atoms with Gasteiger partial charge in [-0.2, -0.15) is 0 Å². The Morgan fingerprint density at radius 2 is 0.574 bits per heavy atom. The van der Waals surface area contributed by atoms with Crippen LogP contribution in [-0.2, 0) is 39.3 Å². The zero-order valence-electron chi connectivity index (χ0n) is 30.1. The monoisotopic (exact) mass is 700 g/mol. The van der Waals surface area contributed by atoms with Gasteiger partial charge in [0.15, 0.2) is 0 Å². The minimum Gasteiger partial charge on any atom is -0.287 e. The number of aromatic nitrogens is 4. The van der Waals surface area contributed by atoms with E-state index in [2.05, 4.69) is 180 Å². The molecule has 0 spiro atoms. The second kappa shape index (κ2) is 15.3. The Labute approximate surface area is 315 Å². The molecule has 0 aliphatic carbocycles. The Kier molecular flexibility index (Phi) is 9.51. The summed E-state index contributed by atoms with van der Waals surface area (Å²) >= 11 is 0. The molecule has 0 aliphatic rings. The third kappa shape index (κ3) is 7.86. The van der Waals surface area contributed by atoms with E-state index in [9.17, 15) is 0 Å². The highest BCUT2D eigenvalue weighted by molar-refractivity contribution is 5.80. The van der Waals surface area contributed by atoms with Crippen LogP contribution in [0, 0.1) is 0 Å². The van der Waals surface area contributed by atoms with E-state index >= 15 is 0 Å². The van der Waals surface area contributed by atoms with Gasteiger partial charge in [-0.05, 0) is 59.7 Å². The molecule has 0 radical (unpaired) electrons. The standard InChI is InChI=1S/C48H40N6/c1-5-16-45-37(12-1)20-24-41(49-45)31-53(32-42-25-21-38-13-2-6-17-46(38)50-42)29-35-10-9-11-36(28-35)30-54(33-43-26-22-39-14-3-7-18-47(39)51-43)34-44-27-23-40-15-4-8-19-48(40)52-44/h1-28H,29-34H2. The van der Waals surface area contributed by atoms with Crippen LogP contribution in [0.5, 0.6) is 0 Å². The fourth-order valence-electron chi connectivity index (χ4n) is 7.38. The number of benzene rings is 5. The molecule has 0 aliphatic heterocycles. The van der Waals surface area contributed by atoms with Gasteiger partial charge in [0, 0.05) is 60.8 Å². The molecule has 0 bridgehead atoms. The molecule has 54 heavy (non-hydrogen) atoms. The first-order valence-corrected chi connectivity index (χ1v) is 18.6. The van der Waals surface area contributed by atoms with Crippen molar-refractivity contribution in [1.82, 2.24) is 29.7 Å². The molecule has 4 aromatic heterocycles. The molecule has 0 fully saturated rings. The Balaban J connectivity index is 0.997. The summed E-state index contributed by atoms with van der Waals surface area (Å²) < 4.78 is 0. The van der Waals surface area contributed by atoms with Crippen LogP contribution in [0.15, 0.2) is 170 Å². The fraction of sp³-hybridized carbons (Fsp3) is 0.125. The van der Waals surface area contributed by atoms with Gasteiger partial charge in [-0.25, -0.2) is 0 Å². The van der Waals surface area contributed by atoms with Gasteiger partial charge in [-0.3, -0.25) is 29.7 Å². The van der Waals surface area contributed by atoms with Crippen LogP contribution in [0.25, 0.3) is 43.6 Å². The Morgan fingerprint density at radius 1 is 0.278 bits per heavy atom. The van der Waals surface area contributed by atoms with E-state index in [-0.39, 0.29) is 0 Å². The van der Waals surface area contributed by atoms with E-state index in [0.717, 1.165) is 79.5 Å². The molecule has 6 nitrogen and oxygen atoms in total. The van der Waals surface area contributed by atoms with Crippen molar-refractivity contribution < 1.29 is 0 Å². The Bertz CT molecular complexity index is 2380. The van der Waals surface area contributed by atoms with Crippen molar-refractivity contribution in [3.8, 4) is 0 Å². The lowest BCUT2D eigenvalue weighted by molar-refractivity contribution is 0.238. The highest BCUT2D eigenvalue weighted by Gasteiger charge is 2.15. The number of hydrogen-bond acceptors (Lipinski definition) is 6. The minimum absolute atomic E-state index is 0.705. The first-order valence-electron chi connectivity index (χ1n) is 18.6. The number of para-hydroxylation sites is 4. The van der Waals surface area contributed by atoms with Crippen LogP contribution in [0.2, 0.25) is 0 Å². The van der Waals surface area contributed by atoms with Gasteiger partial charge in [0.1, 0.15) is 0 Å². The van der Waals surface area contributed by atoms with Crippen molar-refractivity contribution in [3.05, 3.63) is 204 Å². The molecule has 0 atom stereocenters. The molecular formula is C48H40N6. The van der Waals surface area contributed by atoms with Crippen LogP contribution in [0.3, 0.4) is 0 Å². The quantitative estimate of drug-likeness (QED) is 0.126. The highest BCUT2D eigenvalue weighted by atomic mass is 15.1. The molecule has 9 aromatic rings. The van der Waals surface area contributed by atoms with E-state index in [1.54, 1.807) is 0 Å². The lowest BCUT2D eigenvalue weighted by Gasteiger charge is -2.24. The molecule has 0 amide bonds. The van der Waals surface area contributed by atoms with Gasteiger partial charge in [0.05, 0.1) is 44.8 Å². The molecule has 0 unspecified atom stereocenters. The van der Waals surface area contributed by atoms with Crippen molar-refractivity contribution in [1.29, 1.82) is 0 Å². The summed E-state index contributed by atoms with van der Waals surface area (Å²) in [6.07, 6.45) is 0. The van der Waals surface area contributed by atoms with Crippen LogP contribution < -0.4 is 0 Å². The van der Waals surface area contributed by atoms with Crippen molar-refractivity contribution >= 4 is 43.6 Å². The first kappa shape index (κ1) is 33.5. The number of fused-ring (bicyclic) bond motifs is 4. The minimum atomic E-state index is 0.705. The largest absolute Gasteiger partial charge is 0.287 e. The van der Waals surface area contributed by atoms with Gasteiger partial charge >= 0.3 is 0 Å². The van der Waals surface area contributed by atoms with Gasteiger partial charge in [0.2, 0.25) is 0 Å². The Morgan fingerprint density at radius 3 is 0.889 bits per heavy atom. The molecule has 262 valence electrons. The van der Waals surface area contributed by atoms with Gasteiger partial charge in [-0.15, -0.1) is 0 Å². The summed E-state index contributed by atoms with van der Waals surface area (Å²) in [7, 11) is 0. The molecule has 4 heterocycles.